The van der Waals surface area contributed by atoms with Crippen molar-refractivity contribution in [3.63, 3.8) is 0 Å². The van der Waals surface area contributed by atoms with E-state index in [-0.39, 0.29) is 0 Å². The van der Waals surface area contributed by atoms with Crippen molar-refractivity contribution >= 4 is 34.7 Å². The van der Waals surface area contributed by atoms with E-state index in [9.17, 15) is 0 Å². The monoisotopic (exact) mass is 650 g/mol. The number of hydrogen-bond acceptors (Lipinski definition) is 5. The highest BCUT2D eigenvalue weighted by atomic mass is 31.1. The Labute approximate surface area is 282 Å². The molecule has 8 heteroatoms. The first-order valence-corrected chi connectivity index (χ1v) is 17.9. The molecule has 7 aromatic rings. The fourth-order valence-corrected chi connectivity index (χ4v) is 8.43. The maximum absolute atomic E-state index is 6.04. The van der Waals surface area contributed by atoms with Crippen LogP contribution in [0.3, 0.4) is 0 Å². The van der Waals surface area contributed by atoms with Gasteiger partial charge in [-0.3, -0.25) is 10.2 Å². The first kappa shape index (κ1) is 31.5. The second-order valence-electron chi connectivity index (χ2n) is 11.8. The Hall–Kier alpha value is -5.10. The topological polar surface area (TPSA) is 91.5 Å². The zero-order chi connectivity index (χ0) is 32.4. The normalized spacial score (nSPS) is 14.4. The highest BCUT2D eigenvalue weighted by molar-refractivity contribution is 7.79. The van der Waals surface area contributed by atoms with Gasteiger partial charge in [0.05, 0.1) is 12.1 Å². The van der Waals surface area contributed by atoms with Crippen molar-refractivity contribution in [2.24, 2.45) is 0 Å². The average Bonchev–Trinajstić information content (AvgIpc) is 3.85. The highest BCUT2D eigenvalue weighted by Gasteiger charge is 2.16. The molecule has 7 nitrogen and oxygen atoms in total. The summed E-state index contributed by atoms with van der Waals surface area (Å²) in [7, 11) is -0.446. The molecule has 240 valence electrons. The molecule has 5 aromatic carbocycles. The molecular formula is C40H39N6OP. The lowest BCUT2D eigenvalue weighted by Gasteiger charge is -2.23. The summed E-state index contributed by atoms with van der Waals surface area (Å²) in [6.07, 6.45) is 6.40. The Kier molecular flexibility index (Phi) is 10.3. The van der Waals surface area contributed by atoms with Gasteiger partial charge in [0.1, 0.15) is 17.8 Å². The number of benzene rings is 5. The van der Waals surface area contributed by atoms with Gasteiger partial charge in [-0.05, 0) is 80.0 Å². The minimum Gasteiger partial charge on any atom is -0.494 e. The van der Waals surface area contributed by atoms with Crippen molar-refractivity contribution < 1.29 is 4.74 Å². The van der Waals surface area contributed by atoms with E-state index in [2.05, 4.69) is 140 Å². The maximum Gasteiger partial charge on any atom is 0.155 e. The van der Waals surface area contributed by atoms with Gasteiger partial charge in [0.25, 0.3) is 0 Å². The van der Waals surface area contributed by atoms with Crippen LogP contribution in [-0.2, 0) is 0 Å². The maximum atomic E-state index is 6.04. The molecule has 1 aliphatic heterocycles. The summed E-state index contributed by atoms with van der Waals surface area (Å²) in [5, 5.41) is 23.3. The SMILES string of the molecule is c1cc(OCCC2CCCCN2)cc(-c2n[nH]c3ccc(-c4ncn[nH]4)cc23)c1.c1ccc(P(c2ccccc2)c2ccccc2)cc1. The lowest BCUT2D eigenvalue weighted by Crippen LogP contribution is -2.35. The second kappa shape index (κ2) is 15.7. The summed E-state index contributed by atoms with van der Waals surface area (Å²) in [5.74, 6) is 1.62. The van der Waals surface area contributed by atoms with Crippen molar-refractivity contribution in [1.82, 2.24) is 30.7 Å². The van der Waals surface area contributed by atoms with Gasteiger partial charge in [-0.1, -0.05) is 110 Å². The lowest BCUT2D eigenvalue weighted by atomic mass is 10.0. The van der Waals surface area contributed by atoms with E-state index in [1.165, 1.54) is 41.5 Å². The number of ether oxygens (including phenoxy) is 1. The van der Waals surface area contributed by atoms with Crippen LogP contribution >= 0.6 is 7.92 Å². The molecule has 0 saturated carbocycles. The summed E-state index contributed by atoms with van der Waals surface area (Å²) in [4.78, 5) is 4.24. The van der Waals surface area contributed by atoms with E-state index in [1.807, 2.05) is 24.3 Å². The molecule has 3 heterocycles. The number of hydrogen-bond donors (Lipinski definition) is 3. The summed E-state index contributed by atoms with van der Waals surface area (Å²) in [5.41, 5.74) is 3.89. The van der Waals surface area contributed by atoms with Crippen LogP contribution in [0, 0.1) is 0 Å². The van der Waals surface area contributed by atoms with Crippen LogP contribution in [0.2, 0.25) is 0 Å². The Bertz CT molecular complexity index is 1900. The molecule has 2 aromatic heterocycles. The number of nitrogens with one attached hydrogen (secondary N) is 3. The van der Waals surface area contributed by atoms with E-state index in [0.717, 1.165) is 58.9 Å². The third kappa shape index (κ3) is 7.71. The van der Waals surface area contributed by atoms with Crippen LogP contribution in [0.15, 0.2) is 140 Å². The molecule has 1 saturated heterocycles. The predicted molar refractivity (Wildman–Crippen MR) is 198 cm³/mol. The third-order valence-electron chi connectivity index (χ3n) is 8.55. The highest BCUT2D eigenvalue weighted by Crippen LogP contribution is 2.33. The molecule has 0 amide bonds. The quantitative estimate of drug-likeness (QED) is 0.142. The van der Waals surface area contributed by atoms with Crippen molar-refractivity contribution in [2.45, 2.75) is 31.7 Å². The van der Waals surface area contributed by atoms with Crippen molar-refractivity contribution in [3.05, 3.63) is 140 Å². The van der Waals surface area contributed by atoms with Gasteiger partial charge in [0, 0.05) is 22.6 Å². The van der Waals surface area contributed by atoms with Gasteiger partial charge in [-0.25, -0.2) is 4.98 Å². The van der Waals surface area contributed by atoms with Crippen LogP contribution < -0.4 is 26.0 Å². The lowest BCUT2D eigenvalue weighted by molar-refractivity contribution is 0.268. The van der Waals surface area contributed by atoms with Gasteiger partial charge in [0.2, 0.25) is 0 Å². The van der Waals surface area contributed by atoms with Gasteiger partial charge < -0.3 is 10.1 Å². The van der Waals surface area contributed by atoms with E-state index < -0.39 is 7.92 Å². The average molecular weight is 651 g/mol. The number of rotatable bonds is 9. The predicted octanol–water partition coefficient (Wildman–Crippen LogP) is 7.37. The van der Waals surface area contributed by atoms with E-state index >= 15 is 0 Å². The summed E-state index contributed by atoms with van der Waals surface area (Å²) < 4.78 is 6.04. The first-order valence-electron chi connectivity index (χ1n) is 16.6. The van der Waals surface area contributed by atoms with E-state index in [4.69, 9.17) is 4.74 Å². The van der Waals surface area contributed by atoms with Crippen LogP contribution in [-0.4, -0.2) is 44.6 Å². The fraction of sp³-hybridized carbons (Fsp3) is 0.175. The first-order chi connectivity index (χ1) is 23.8. The Balaban J connectivity index is 0.000000166. The van der Waals surface area contributed by atoms with Gasteiger partial charge >= 0.3 is 0 Å². The smallest absolute Gasteiger partial charge is 0.155 e. The number of piperidine rings is 1. The van der Waals surface area contributed by atoms with Gasteiger partial charge in [-0.15, -0.1) is 0 Å². The Morgan fingerprint density at radius 1 is 0.688 bits per heavy atom. The minimum atomic E-state index is -0.446. The summed E-state index contributed by atoms with van der Waals surface area (Å²) in [6, 6.07) is 47.2. The molecule has 8 rings (SSSR count). The standard InChI is InChI=1S/C22H24N6O.C18H15P/c1-2-10-23-17(5-1)9-11-29-18-6-3-4-15(12-18)21-19-13-16(22-24-14-25-28-22)7-8-20(19)26-27-21;1-4-10-16(11-5-1)19(17-12-6-2-7-13-17)18-14-8-3-9-15-18/h3-4,6-8,12-14,17,23H,1-2,5,9-11H2,(H,26,27)(H,24,25,28);1-15H. The summed E-state index contributed by atoms with van der Waals surface area (Å²) >= 11 is 0. The molecule has 0 aliphatic carbocycles. The Morgan fingerprint density at radius 3 is 2.02 bits per heavy atom. The molecule has 0 radical (unpaired) electrons. The molecule has 1 aliphatic rings. The van der Waals surface area contributed by atoms with Crippen molar-refractivity contribution in [3.8, 4) is 28.4 Å². The number of H-pyrrole nitrogens is 2. The van der Waals surface area contributed by atoms with Crippen LogP contribution in [0.4, 0.5) is 0 Å². The third-order valence-corrected chi connectivity index (χ3v) is 11.0. The summed E-state index contributed by atoms with van der Waals surface area (Å²) in [6.45, 7) is 1.85. The van der Waals surface area contributed by atoms with Gasteiger partial charge in [-0.2, -0.15) is 10.2 Å². The zero-order valence-electron chi connectivity index (χ0n) is 26.8. The van der Waals surface area contributed by atoms with E-state index in [1.54, 1.807) is 0 Å². The fourth-order valence-electron chi connectivity index (χ4n) is 6.13. The Morgan fingerprint density at radius 2 is 1.40 bits per heavy atom. The number of aromatic nitrogens is 5. The van der Waals surface area contributed by atoms with Gasteiger partial charge in [0.15, 0.2) is 5.82 Å². The zero-order valence-corrected chi connectivity index (χ0v) is 27.7. The molecule has 1 unspecified atom stereocenters. The number of nitrogens with zero attached hydrogens (tertiary/aromatic N) is 3. The van der Waals surface area contributed by atoms with Crippen LogP contribution in [0.25, 0.3) is 33.5 Å². The van der Waals surface area contributed by atoms with Crippen LogP contribution in [0.1, 0.15) is 25.7 Å². The molecule has 3 N–H and O–H groups in total. The largest absolute Gasteiger partial charge is 0.494 e. The van der Waals surface area contributed by atoms with Crippen LogP contribution in [0.5, 0.6) is 5.75 Å². The number of aromatic amines is 2. The minimum absolute atomic E-state index is 0.446. The molecule has 48 heavy (non-hydrogen) atoms. The van der Waals surface area contributed by atoms with E-state index in [0.29, 0.717) is 6.04 Å². The molecular weight excluding hydrogens is 611 g/mol. The van der Waals surface area contributed by atoms with Crippen molar-refractivity contribution in [1.29, 1.82) is 0 Å². The second-order valence-corrected chi connectivity index (χ2v) is 14.0. The molecule has 0 spiro atoms. The molecule has 1 atom stereocenters. The molecule has 0 bridgehead atoms. The molecule has 1 fully saturated rings. The number of fused-ring (bicyclic) bond motifs is 1. The van der Waals surface area contributed by atoms with Crippen molar-refractivity contribution in [2.75, 3.05) is 13.2 Å².